The van der Waals surface area contributed by atoms with E-state index >= 15 is 0 Å². The molecule has 2 aromatic carbocycles. The molecule has 2 aliphatic rings. The molecule has 5 rings (SSSR count). The van der Waals surface area contributed by atoms with E-state index in [0.717, 1.165) is 48.2 Å². The van der Waals surface area contributed by atoms with Crippen LogP contribution in [0, 0.1) is 11.3 Å². The van der Waals surface area contributed by atoms with Crippen LogP contribution in [0.1, 0.15) is 68.8 Å². The Kier molecular flexibility index (Phi) is 7.35. The van der Waals surface area contributed by atoms with E-state index in [4.69, 9.17) is 16.6 Å². The Morgan fingerprint density at radius 1 is 1.14 bits per heavy atom. The highest BCUT2D eigenvalue weighted by Gasteiger charge is 2.44. The Bertz CT molecular complexity index is 1420. The molecule has 2 saturated carbocycles. The second-order valence-electron chi connectivity index (χ2n) is 10.9. The maximum Gasteiger partial charge on any atom is 0.240 e. The Morgan fingerprint density at radius 2 is 1.89 bits per heavy atom. The maximum atomic E-state index is 13.0. The summed E-state index contributed by atoms with van der Waals surface area (Å²) in [7, 11) is -1.68. The van der Waals surface area contributed by atoms with Gasteiger partial charge in [-0.05, 0) is 67.0 Å². The van der Waals surface area contributed by atoms with Crippen molar-refractivity contribution in [3.05, 3.63) is 58.4 Å². The lowest BCUT2D eigenvalue weighted by atomic mass is 9.90. The van der Waals surface area contributed by atoms with Crippen molar-refractivity contribution < 1.29 is 13.2 Å². The molecule has 1 aromatic heterocycles. The molecule has 0 atom stereocenters. The fourth-order valence-electron chi connectivity index (χ4n) is 5.11. The monoisotopic (exact) mass is 542 g/mol. The molecular weight excluding hydrogens is 508 g/mol. The van der Waals surface area contributed by atoms with Crippen LogP contribution in [0.25, 0.3) is 11.0 Å². The lowest BCUT2D eigenvalue weighted by Gasteiger charge is -2.21. The average molecular weight is 543 g/mol. The fourth-order valence-corrected chi connectivity index (χ4v) is 6.43. The lowest BCUT2D eigenvalue weighted by molar-refractivity contribution is -0.125. The second kappa shape index (κ2) is 10.4. The predicted octanol–water partition coefficient (Wildman–Crippen LogP) is 5.09. The molecule has 0 spiro atoms. The van der Waals surface area contributed by atoms with Crippen molar-refractivity contribution in [2.45, 2.75) is 69.7 Å². The van der Waals surface area contributed by atoms with Crippen molar-refractivity contribution in [1.82, 2.24) is 19.6 Å². The molecule has 1 heterocycles. The number of carbonyl (C=O) groups excluding carboxylic acids is 1. The number of aromatic nitrogens is 2. The number of imidazole rings is 1. The van der Waals surface area contributed by atoms with Crippen LogP contribution in [-0.2, 0) is 34.8 Å². The van der Waals surface area contributed by atoms with E-state index in [9.17, 15) is 13.2 Å². The van der Waals surface area contributed by atoms with E-state index in [1.54, 1.807) is 12.1 Å². The number of nitrogens with zero attached hydrogens (tertiary/aromatic N) is 2. The molecule has 0 aliphatic heterocycles. The largest absolute Gasteiger partial charge is 0.352 e. The first-order valence-corrected chi connectivity index (χ1v) is 15.0. The number of nitrogens with one attached hydrogen (secondary N) is 2. The van der Waals surface area contributed by atoms with E-state index in [1.807, 2.05) is 42.8 Å². The molecule has 0 saturated heterocycles. The molecule has 7 nitrogen and oxygen atoms in total. The molecule has 3 aromatic rings. The number of hydrogen-bond acceptors (Lipinski definition) is 4. The summed E-state index contributed by atoms with van der Waals surface area (Å²) in [4.78, 5) is 17.3. The minimum Gasteiger partial charge on any atom is -0.352 e. The first-order valence-electron chi connectivity index (χ1n) is 13.2. The predicted molar refractivity (Wildman–Crippen MR) is 146 cm³/mol. The molecule has 198 valence electrons. The minimum absolute atomic E-state index is 0.0957. The molecule has 2 fully saturated rings. The van der Waals surface area contributed by atoms with Gasteiger partial charge in [-0.2, -0.15) is 0 Å². The van der Waals surface area contributed by atoms with Gasteiger partial charge in [0.2, 0.25) is 15.9 Å². The Labute approximate surface area is 224 Å². The molecular formula is C28H35ClN4O3S. The summed E-state index contributed by atoms with van der Waals surface area (Å²) < 4.78 is 30.7. The fraction of sp³-hybridized carbons (Fsp3) is 0.500. The van der Waals surface area contributed by atoms with E-state index < -0.39 is 10.0 Å². The third kappa shape index (κ3) is 5.86. The van der Waals surface area contributed by atoms with Crippen LogP contribution in [0.4, 0.5) is 0 Å². The first-order chi connectivity index (χ1) is 17.6. The van der Waals surface area contributed by atoms with Crippen LogP contribution in [0.3, 0.4) is 0 Å². The molecule has 0 radical (unpaired) electrons. The highest BCUT2D eigenvalue weighted by Crippen LogP contribution is 2.45. The SMILES string of the molecule is Cn1c(Cc2cc(CNC(=O)C3(C)CC3)ccc2Cl)nc2cc(S(=O)(=O)NCC3CCCCC3)ccc21. The number of fused-ring (bicyclic) bond motifs is 1. The van der Waals surface area contributed by atoms with Gasteiger partial charge in [-0.15, -0.1) is 0 Å². The zero-order valence-corrected chi connectivity index (χ0v) is 23.1. The normalized spacial score (nSPS) is 17.7. The number of sulfonamides is 1. The standard InChI is InChI=1S/C28H35ClN4O3S/c1-28(12-13-28)27(34)30-17-20-8-10-23(29)21(14-20)15-26-32-24-16-22(9-11-25(24)33(26)2)37(35,36)31-18-19-6-4-3-5-7-19/h8-11,14,16,19,31H,3-7,12-13,15,17-18H2,1-2H3,(H,30,34). The number of halogens is 1. The van der Waals surface area contributed by atoms with Gasteiger partial charge in [0.05, 0.1) is 15.9 Å². The van der Waals surface area contributed by atoms with Crippen LogP contribution >= 0.6 is 11.6 Å². The first kappa shape index (κ1) is 26.2. The van der Waals surface area contributed by atoms with Crippen molar-refractivity contribution >= 4 is 38.6 Å². The lowest BCUT2D eigenvalue weighted by Crippen LogP contribution is -2.30. The molecule has 0 bridgehead atoms. The summed E-state index contributed by atoms with van der Waals surface area (Å²) in [6.45, 7) is 2.93. The summed E-state index contributed by atoms with van der Waals surface area (Å²) in [5.74, 6) is 1.30. The van der Waals surface area contributed by atoms with Gasteiger partial charge in [0.1, 0.15) is 5.82 Å². The van der Waals surface area contributed by atoms with Crippen molar-refractivity contribution in [1.29, 1.82) is 0 Å². The number of aryl methyl sites for hydroxylation is 1. The average Bonchev–Trinajstić information content (AvgIpc) is 3.58. The third-order valence-corrected chi connectivity index (χ3v) is 9.79. The van der Waals surface area contributed by atoms with E-state index in [-0.39, 0.29) is 16.2 Å². The third-order valence-electron chi connectivity index (χ3n) is 8.00. The summed E-state index contributed by atoms with van der Waals surface area (Å²) in [5, 5.41) is 3.66. The number of carbonyl (C=O) groups is 1. The second-order valence-corrected chi connectivity index (χ2v) is 13.1. The summed E-state index contributed by atoms with van der Waals surface area (Å²) in [6, 6.07) is 10.9. The van der Waals surface area contributed by atoms with Crippen molar-refractivity contribution in [3.8, 4) is 0 Å². The Morgan fingerprint density at radius 3 is 2.62 bits per heavy atom. The van der Waals surface area contributed by atoms with Gasteiger partial charge in [0, 0.05) is 37.0 Å². The maximum absolute atomic E-state index is 13.0. The topological polar surface area (TPSA) is 93.1 Å². The van der Waals surface area contributed by atoms with Crippen molar-refractivity contribution in [3.63, 3.8) is 0 Å². The number of rotatable bonds is 9. The summed E-state index contributed by atoms with van der Waals surface area (Å²) in [6.07, 6.45) is 8.14. The number of benzene rings is 2. The zero-order chi connectivity index (χ0) is 26.2. The summed E-state index contributed by atoms with van der Waals surface area (Å²) in [5.41, 5.74) is 3.17. The van der Waals surface area contributed by atoms with Gasteiger partial charge in [-0.1, -0.05) is 49.9 Å². The molecule has 2 N–H and O–H groups in total. The van der Waals surface area contributed by atoms with E-state index in [0.29, 0.717) is 36.0 Å². The smallest absolute Gasteiger partial charge is 0.240 e. The van der Waals surface area contributed by atoms with Crippen LogP contribution in [0.2, 0.25) is 5.02 Å². The van der Waals surface area contributed by atoms with Gasteiger partial charge in [-0.3, -0.25) is 4.79 Å². The zero-order valence-electron chi connectivity index (χ0n) is 21.5. The quantitative estimate of drug-likeness (QED) is 0.394. The minimum atomic E-state index is -3.60. The molecule has 9 heteroatoms. The number of hydrogen-bond donors (Lipinski definition) is 2. The van der Waals surface area contributed by atoms with Gasteiger partial charge in [0.15, 0.2) is 0 Å². The van der Waals surface area contributed by atoms with Crippen molar-refractivity contribution in [2.24, 2.45) is 18.4 Å². The molecule has 2 aliphatic carbocycles. The molecule has 37 heavy (non-hydrogen) atoms. The Hall–Kier alpha value is -2.42. The van der Waals surface area contributed by atoms with E-state index in [1.165, 1.54) is 19.3 Å². The van der Waals surface area contributed by atoms with E-state index in [2.05, 4.69) is 10.0 Å². The van der Waals surface area contributed by atoms with Crippen LogP contribution in [-0.4, -0.2) is 30.4 Å². The van der Waals surface area contributed by atoms with Gasteiger partial charge >= 0.3 is 0 Å². The summed E-state index contributed by atoms with van der Waals surface area (Å²) >= 11 is 6.51. The Balaban J connectivity index is 1.31. The highest BCUT2D eigenvalue weighted by molar-refractivity contribution is 7.89. The highest BCUT2D eigenvalue weighted by atomic mass is 35.5. The van der Waals surface area contributed by atoms with Gasteiger partial charge in [0.25, 0.3) is 0 Å². The van der Waals surface area contributed by atoms with Gasteiger partial charge in [-0.25, -0.2) is 18.1 Å². The van der Waals surface area contributed by atoms with Crippen LogP contribution in [0.5, 0.6) is 0 Å². The number of amides is 1. The van der Waals surface area contributed by atoms with Crippen LogP contribution < -0.4 is 10.0 Å². The van der Waals surface area contributed by atoms with Gasteiger partial charge < -0.3 is 9.88 Å². The molecule has 1 amide bonds. The van der Waals surface area contributed by atoms with Crippen LogP contribution in [0.15, 0.2) is 41.3 Å². The van der Waals surface area contributed by atoms with Crippen molar-refractivity contribution in [2.75, 3.05) is 6.54 Å². The molecule has 0 unspecified atom stereocenters.